The number of hydrogen-bond donors (Lipinski definition) is 1. The fourth-order valence-corrected chi connectivity index (χ4v) is 8.92. The van der Waals surface area contributed by atoms with Crippen LogP contribution in [0.1, 0.15) is 245 Å². The zero-order valence-electron chi connectivity index (χ0n) is 47.4. The molecule has 0 aliphatic rings. The van der Waals surface area contributed by atoms with Gasteiger partial charge in [0.15, 0.2) is 0 Å². The van der Waals surface area contributed by atoms with Crippen molar-refractivity contribution in [2.24, 2.45) is 0 Å². The minimum Gasteiger partial charge on any atom is -0.756 e. The molecule has 10 heteroatoms. The number of phosphoric ester groups is 1. The smallest absolute Gasteiger partial charge is 0.306 e. The largest absolute Gasteiger partial charge is 0.756 e. The van der Waals surface area contributed by atoms with Gasteiger partial charge in [0, 0.05) is 12.8 Å². The van der Waals surface area contributed by atoms with E-state index in [0.717, 1.165) is 64.2 Å². The molecule has 0 rings (SSSR count). The predicted molar refractivity (Wildman–Crippen MR) is 307 cm³/mol. The normalized spacial score (nSPS) is 14.4. The van der Waals surface area contributed by atoms with E-state index in [1.165, 1.54) is 141 Å². The summed E-state index contributed by atoms with van der Waals surface area (Å²) in [6.07, 6.45) is 66.9. The van der Waals surface area contributed by atoms with Gasteiger partial charge < -0.3 is 28.5 Å². The first-order valence-electron chi connectivity index (χ1n) is 29.5. The third-order valence-electron chi connectivity index (χ3n) is 12.8. The maximum absolute atomic E-state index is 13.5. The Morgan fingerprint density at radius 3 is 1.35 bits per heavy atom. The van der Waals surface area contributed by atoms with Gasteiger partial charge in [-0.3, -0.25) is 14.2 Å². The number of nitrogens with one attached hydrogen (secondary N) is 1. The first-order valence-corrected chi connectivity index (χ1v) is 30.9. The second-order valence-corrected chi connectivity index (χ2v) is 22.3. The lowest BCUT2D eigenvalue weighted by Gasteiger charge is -2.30. The highest BCUT2D eigenvalue weighted by molar-refractivity contribution is 7.45. The van der Waals surface area contributed by atoms with Gasteiger partial charge in [-0.2, -0.15) is 0 Å². The molecule has 0 heterocycles. The van der Waals surface area contributed by atoms with E-state index in [-0.39, 0.29) is 24.9 Å². The van der Waals surface area contributed by atoms with Crippen LogP contribution in [0.5, 0.6) is 0 Å². The summed E-state index contributed by atoms with van der Waals surface area (Å²) in [5.41, 5.74) is 0. The highest BCUT2D eigenvalue weighted by Gasteiger charge is 2.27. The van der Waals surface area contributed by atoms with E-state index < -0.39 is 26.6 Å². The SMILES string of the molecule is CC\C=C/C=C/C=C/C=C\C=C\C=C\CCCCCC(=O)OC(/C=C/CCCCCCCCCCCC)C(COP(=O)([O-])OCC[N+](C)(C)C)NC(=O)CCCCCCCCCCCCCCCCCCC. The van der Waals surface area contributed by atoms with Crippen molar-refractivity contribution in [2.45, 2.75) is 258 Å². The minimum absolute atomic E-state index is 0.0323. The molecule has 0 aromatic carbocycles. The molecule has 0 bridgehead atoms. The van der Waals surface area contributed by atoms with E-state index in [1.54, 1.807) is 0 Å². The number of ether oxygens (including phenoxy) is 1. The Hall–Kier alpha value is -2.81. The lowest BCUT2D eigenvalue weighted by Crippen LogP contribution is -2.47. The average Bonchev–Trinajstić information content (AvgIpc) is 3.34. The third-order valence-corrected chi connectivity index (χ3v) is 13.7. The highest BCUT2D eigenvalue weighted by Crippen LogP contribution is 2.38. The van der Waals surface area contributed by atoms with Crippen LogP contribution in [-0.4, -0.2) is 69.4 Å². The Kier molecular flexibility index (Phi) is 49.6. The molecule has 9 nitrogen and oxygen atoms in total. The average molecular weight is 1030 g/mol. The number of rotatable bonds is 52. The molecule has 0 aromatic rings. The Balaban J connectivity index is 5.40. The number of carbonyl (C=O) groups is 2. The number of nitrogens with zero attached hydrogens (tertiary/aromatic N) is 1. The Morgan fingerprint density at radius 2 is 0.889 bits per heavy atom. The van der Waals surface area contributed by atoms with Crippen molar-refractivity contribution in [3.63, 3.8) is 0 Å². The quantitative estimate of drug-likeness (QED) is 0.0161. The number of likely N-dealkylation sites (N-methyl/N-ethyl adjacent to an activating group) is 1. The summed E-state index contributed by atoms with van der Waals surface area (Å²) < 4.78 is 30.2. The van der Waals surface area contributed by atoms with Crippen molar-refractivity contribution in [1.29, 1.82) is 0 Å². The number of esters is 1. The molecule has 0 aromatic heterocycles. The Labute approximate surface area is 444 Å². The Bertz CT molecular complexity index is 1510. The van der Waals surface area contributed by atoms with Crippen LogP contribution in [0.2, 0.25) is 0 Å². The molecule has 416 valence electrons. The molecular weight excluding hydrogens is 916 g/mol. The van der Waals surface area contributed by atoms with Crippen molar-refractivity contribution in [1.82, 2.24) is 5.32 Å². The van der Waals surface area contributed by atoms with Crippen molar-refractivity contribution >= 4 is 19.7 Å². The fourth-order valence-electron chi connectivity index (χ4n) is 8.20. The van der Waals surface area contributed by atoms with Gasteiger partial charge >= 0.3 is 5.97 Å². The predicted octanol–water partition coefficient (Wildman–Crippen LogP) is 17.2. The second kappa shape index (κ2) is 51.7. The number of phosphoric acid groups is 1. The molecule has 0 fully saturated rings. The number of allylic oxidation sites excluding steroid dienone is 13. The van der Waals surface area contributed by atoms with Gasteiger partial charge in [-0.15, -0.1) is 0 Å². The van der Waals surface area contributed by atoms with E-state index >= 15 is 0 Å². The molecule has 0 saturated heterocycles. The molecule has 0 aliphatic carbocycles. The molecule has 1 N–H and O–H groups in total. The van der Waals surface area contributed by atoms with Crippen LogP contribution < -0.4 is 10.2 Å². The van der Waals surface area contributed by atoms with Crippen LogP contribution in [-0.2, 0) is 27.9 Å². The second-order valence-electron chi connectivity index (χ2n) is 20.9. The van der Waals surface area contributed by atoms with Crippen molar-refractivity contribution < 1.29 is 37.3 Å². The summed E-state index contributed by atoms with van der Waals surface area (Å²) in [5, 5.41) is 3.01. The molecule has 3 atom stereocenters. The first kappa shape index (κ1) is 69.2. The van der Waals surface area contributed by atoms with Crippen molar-refractivity contribution in [2.75, 3.05) is 40.9 Å². The summed E-state index contributed by atoms with van der Waals surface area (Å²) in [6, 6.07) is -0.908. The monoisotopic (exact) mass is 1030 g/mol. The summed E-state index contributed by atoms with van der Waals surface area (Å²) >= 11 is 0. The van der Waals surface area contributed by atoms with E-state index in [2.05, 4.69) is 38.2 Å². The number of carbonyl (C=O) groups excluding carboxylic acids is 2. The van der Waals surface area contributed by atoms with Gasteiger partial charge in [-0.1, -0.05) is 267 Å². The first-order chi connectivity index (χ1) is 34.9. The van der Waals surface area contributed by atoms with Gasteiger partial charge in [0.05, 0.1) is 33.8 Å². The molecule has 1 amide bonds. The van der Waals surface area contributed by atoms with Crippen molar-refractivity contribution in [3.8, 4) is 0 Å². The lowest BCUT2D eigenvalue weighted by molar-refractivity contribution is -0.870. The topological polar surface area (TPSA) is 114 Å². The van der Waals surface area contributed by atoms with Gasteiger partial charge in [-0.25, -0.2) is 0 Å². The van der Waals surface area contributed by atoms with Gasteiger partial charge in [0.25, 0.3) is 7.82 Å². The van der Waals surface area contributed by atoms with E-state index in [4.69, 9.17) is 13.8 Å². The molecule has 0 radical (unpaired) electrons. The van der Waals surface area contributed by atoms with Crippen LogP contribution in [0.25, 0.3) is 0 Å². The van der Waals surface area contributed by atoms with Crippen LogP contribution >= 0.6 is 7.82 Å². The van der Waals surface area contributed by atoms with Crippen LogP contribution in [0.15, 0.2) is 85.1 Å². The molecule has 3 unspecified atom stereocenters. The standard InChI is InChI=1S/C62H111N2O7P/c1-7-10-13-16-19-22-25-28-30-32-34-36-39-42-45-48-51-54-61(65)63-59(58-70-72(67,68)69-57-56-64(4,5)6)60(53-50-47-44-41-38-27-24-21-18-15-12-9-3)71-62(66)55-52-49-46-43-40-37-35-33-31-29-26-23-20-17-14-11-8-2/h11,14,17,20,23,26,29,31,33,35,37,40,50,53,59-60H,7-10,12-13,15-16,18-19,21-22,24-25,27-28,30,32,34,36,38-39,41-49,51-52,54-58H2,1-6H3,(H-,63,65,67,68)/b14-11-,20-17+,26-23+,31-29-,35-33+,40-37+,53-50+. The highest BCUT2D eigenvalue weighted by atomic mass is 31.2. The molecule has 72 heavy (non-hydrogen) atoms. The van der Waals surface area contributed by atoms with Crippen LogP contribution in [0, 0.1) is 0 Å². The fraction of sp³-hybridized carbons (Fsp3) is 0.742. The summed E-state index contributed by atoms with van der Waals surface area (Å²) in [5.74, 6) is -0.590. The minimum atomic E-state index is -4.71. The maximum Gasteiger partial charge on any atom is 0.306 e. The maximum atomic E-state index is 13.5. The van der Waals surface area contributed by atoms with E-state index in [9.17, 15) is 19.0 Å². The number of hydrogen-bond acceptors (Lipinski definition) is 7. The van der Waals surface area contributed by atoms with Gasteiger partial charge in [0.2, 0.25) is 5.91 Å². The summed E-state index contributed by atoms with van der Waals surface area (Å²) in [7, 11) is 1.15. The number of unbranched alkanes of at least 4 members (excludes halogenated alkanes) is 29. The van der Waals surface area contributed by atoms with Crippen LogP contribution in [0.3, 0.4) is 0 Å². The van der Waals surface area contributed by atoms with E-state index in [0.29, 0.717) is 23.9 Å². The van der Waals surface area contributed by atoms with Gasteiger partial charge in [0.1, 0.15) is 19.3 Å². The lowest BCUT2D eigenvalue weighted by atomic mass is 10.0. The molecule has 0 aliphatic heterocycles. The van der Waals surface area contributed by atoms with Gasteiger partial charge in [-0.05, 0) is 51.0 Å². The third kappa shape index (κ3) is 52.1. The molecular formula is C62H111N2O7P. The summed E-state index contributed by atoms with van der Waals surface area (Å²) in [4.78, 5) is 39.9. The summed E-state index contributed by atoms with van der Waals surface area (Å²) in [6.45, 7) is 6.67. The zero-order valence-corrected chi connectivity index (χ0v) is 48.3. The zero-order chi connectivity index (χ0) is 52.9. The molecule has 0 spiro atoms. The molecule has 0 saturated carbocycles. The van der Waals surface area contributed by atoms with Crippen LogP contribution in [0.4, 0.5) is 0 Å². The van der Waals surface area contributed by atoms with Crippen molar-refractivity contribution in [3.05, 3.63) is 85.1 Å². The number of amides is 1. The van der Waals surface area contributed by atoms with E-state index in [1.807, 2.05) is 94.1 Å². The number of quaternary nitrogens is 1. The Morgan fingerprint density at radius 1 is 0.500 bits per heavy atom.